The van der Waals surface area contributed by atoms with E-state index in [2.05, 4.69) is 64.0 Å². The number of benzene rings is 2. The van der Waals surface area contributed by atoms with Gasteiger partial charge in [-0.05, 0) is 49.3 Å². The molecule has 0 saturated heterocycles. The molecule has 2 aromatic carbocycles. The van der Waals surface area contributed by atoms with Crippen LogP contribution in [0.25, 0.3) is 10.9 Å². The molecule has 0 atom stereocenters. The number of fused-ring (bicyclic) bond motifs is 3. The Morgan fingerprint density at radius 2 is 1.69 bits per heavy atom. The molecular formula is C26H31N3O3. The second-order valence-corrected chi connectivity index (χ2v) is 8.45. The number of para-hydroxylation sites is 1. The number of nitrogens with two attached hydrogens (primary N) is 1. The summed E-state index contributed by atoms with van der Waals surface area (Å²) in [5.41, 5.74) is 5.27. The van der Waals surface area contributed by atoms with Gasteiger partial charge in [0.2, 0.25) is 5.91 Å². The molecule has 0 spiro atoms. The molecule has 1 aliphatic rings. The average Bonchev–Trinajstić information content (AvgIpc) is 3.15. The molecule has 0 fully saturated rings. The number of carbonyl (C=O) groups excluding carboxylic acids is 2. The maximum atomic E-state index is 12.8. The lowest BCUT2D eigenvalue weighted by atomic mass is 10.0. The van der Waals surface area contributed by atoms with Crippen LogP contribution in [0.4, 0.5) is 0 Å². The van der Waals surface area contributed by atoms with Crippen molar-refractivity contribution in [1.82, 2.24) is 9.47 Å². The molecule has 6 heteroatoms. The number of nitrogens with zero attached hydrogens (tertiary/aromatic N) is 2. The van der Waals surface area contributed by atoms with E-state index in [0.29, 0.717) is 25.8 Å². The normalized spacial score (nSPS) is 13.2. The Bertz CT molecular complexity index is 1070. The second kappa shape index (κ2) is 10.5. The Balaban J connectivity index is 1.44. The molecule has 0 saturated carbocycles. The van der Waals surface area contributed by atoms with E-state index < -0.39 is 5.97 Å². The van der Waals surface area contributed by atoms with E-state index in [-0.39, 0.29) is 12.3 Å². The van der Waals surface area contributed by atoms with Crippen molar-refractivity contribution in [3.63, 3.8) is 0 Å². The van der Waals surface area contributed by atoms with Gasteiger partial charge in [-0.1, -0.05) is 48.5 Å². The van der Waals surface area contributed by atoms with Crippen molar-refractivity contribution in [1.29, 1.82) is 0 Å². The van der Waals surface area contributed by atoms with Crippen LogP contribution >= 0.6 is 0 Å². The summed E-state index contributed by atoms with van der Waals surface area (Å²) >= 11 is 0. The number of carbonyl (C=O) groups is 2. The summed E-state index contributed by atoms with van der Waals surface area (Å²) in [5, 5.41) is 1.31. The van der Waals surface area contributed by atoms with Gasteiger partial charge in [-0.15, -0.1) is 0 Å². The smallest absolute Gasteiger partial charge is 0.324 e. The summed E-state index contributed by atoms with van der Waals surface area (Å²) < 4.78 is 2.42. The van der Waals surface area contributed by atoms with Crippen LogP contribution in [0.5, 0.6) is 0 Å². The largest absolute Gasteiger partial charge is 0.373 e. The SMILES string of the molecule is NOC(=O)CCCCC(=O)N1CCc2c(n(CCCc3ccccc3)c3ccccc23)C1. The van der Waals surface area contributed by atoms with Crippen molar-refractivity contribution >= 4 is 22.8 Å². The van der Waals surface area contributed by atoms with Crippen molar-refractivity contribution in [3.8, 4) is 0 Å². The van der Waals surface area contributed by atoms with Crippen molar-refractivity contribution in [2.75, 3.05) is 6.54 Å². The van der Waals surface area contributed by atoms with Gasteiger partial charge < -0.3 is 14.3 Å². The molecule has 0 unspecified atom stereocenters. The third kappa shape index (κ3) is 5.02. The number of amides is 1. The highest BCUT2D eigenvalue weighted by Crippen LogP contribution is 2.31. The third-order valence-electron chi connectivity index (χ3n) is 6.36. The molecule has 2 N–H and O–H groups in total. The fourth-order valence-corrected chi connectivity index (χ4v) is 4.71. The van der Waals surface area contributed by atoms with Crippen molar-refractivity contribution in [2.24, 2.45) is 5.90 Å². The minimum atomic E-state index is -0.430. The van der Waals surface area contributed by atoms with Crippen LogP contribution in [0.1, 0.15) is 48.9 Å². The van der Waals surface area contributed by atoms with Gasteiger partial charge in [0, 0.05) is 42.5 Å². The van der Waals surface area contributed by atoms with Gasteiger partial charge in [-0.25, -0.2) is 0 Å². The first kappa shape index (κ1) is 22.1. The van der Waals surface area contributed by atoms with Gasteiger partial charge in [0.15, 0.2) is 0 Å². The van der Waals surface area contributed by atoms with Gasteiger partial charge in [0.05, 0.1) is 6.54 Å². The number of aryl methyl sites for hydroxylation is 2. The minimum Gasteiger partial charge on any atom is -0.373 e. The number of hydrogen-bond donors (Lipinski definition) is 1. The zero-order chi connectivity index (χ0) is 22.3. The zero-order valence-electron chi connectivity index (χ0n) is 18.5. The minimum absolute atomic E-state index is 0.151. The lowest BCUT2D eigenvalue weighted by Crippen LogP contribution is -2.36. The van der Waals surface area contributed by atoms with E-state index in [4.69, 9.17) is 5.90 Å². The maximum Gasteiger partial charge on any atom is 0.324 e. The highest BCUT2D eigenvalue weighted by Gasteiger charge is 2.26. The summed E-state index contributed by atoms with van der Waals surface area (Å²) in [4.78, 5) is 30.1. The van der Waals surface area contributed by atoms with Crippen molar-refractivity contribution < 1.29 is 14.4 Å². The molecule has 0 bridgehead atoms. The highest BCUT2D eigenvalue weighted by molar-refractivity contribution is 5.86. The Labute approximate surface area is 188 Å². The topological polar surface area (TPSA) is 77.6 Å². The van der Waals surface area contributed by atoms with Gasteiger partial charge in [0.25, 0.3) is 0 Å². The molecule has 168 valence electrons. The summed E-state index contributed by atoms with van der Waals surface area (Å²) in [5.74, 6) is 4.58. The first-order chi connectivity index (χ1) is 15.7. The van der Waals surface area contributed by atoms with Crippen molar-refractivity contribution in [3.05, 3.63) is 71.4 Å². The van der Waals surface area contributed by atoms with Crippen LogP contribution in [0.15, 0.2) is 54.6 Å². The molecule has 4 rings (SSSR count). The predicted molar refractivity (Wildman–Crippen MR) is 125 cm³/mol. The van der Waals surface area contributed by atoms with Crippen LogP contribution in [-0.4, -0.2) is 27.9 Å². The molecule has 1 amide bonds. The van der Waals surface area contributed by atoms with E-state index in [0.717, 1.165) is 32.4 Å². The van der Waals surface area contributed by atoms with Gasteiger partial charge in [-0.2, -0.15) is 5.90 Å². The van der Waals surface area contributed by atoms with E-state index in [9.17, 15) is 9.59 Å². The van der Waals surface area contributed by atoms with Crippen LogP contribution in [0.3, 0.4) is 0 Å². The summed E-state index contributed by atoms with van der Waals surface area (Å²) in [7, 11) is 0. The quantitative estimate of drug-likeness (QED) is 0.406. The Kier molecular flexibility index (Phi) is 7.22. The van der Waals surface area contributed by atoms with Gasteiger partial charge in [0.1, 0.15) is 0 Å². The molecule has 6 nitrogen and oxygen atoms in total. The third-order valence-corrected chi connectivity index (χ3v) is 6.36. The number of rotatable bonds is 9. The van der Waals surface area contributed by atoms with Gasteiger partial charge >= 0.3 is 5.97 Å². The van der Waals surface area contributed by atoms with Crippen LogP contribution < -0.4 is 5.90 Å². The second-order valence-electron chi connectivity index (χ2n) is 8.45. The summed E-state index contributed by atoms with van der Waals surface area (Å²) in [6, 6.07) is 19.2. The molecule has 1 aliphatic heterocycles. The van der Waals surface area contributed by atoms with Crippen LogP contribution in [-0.2, 0) is 40.4 Å². The number of hydrogen-bond acceptors (Lipinski definition) is 4. The fraction of sp³-hybridized carbons (Fsp3) is 0.385. The molecule has 2 heterocycles. The average molecular weight is 434 g/mol. The standard InChI is InChI=1S/C26H31N3O3/c27-32-26(31)15-7-6-14-25(30)28-18-16-22-21-12-4-5-13-23(21)29(24(22)19-28)17-8-11-20-9-2-1-3-10-20/h1-5,9-10,12-13H,6-8,11,14-19,27H2. The van der Waals surface area contributed by atoms with E-state index in [1.54, 1.807) is 0 Å². The molecular weight excluding hydrogens is 402 g/mol. The lowest BCUT2D eigenvalue weighted by Gasteiger charge is -2.29. The summed E-state index contributed by atoms with van der Waals surface area (Å²) in [6.45, 7) is 2.34. The van der Waals surface area contributed by atoms with Crippen LogP contribution in [0, 0.1) is 0 Å². The van der Waals surface area contributed by atoms with Crippen LogP contribution in [0.2, 0.25) is 0 Å². The van der Waals surface area contributed by atoms with Crippen molar-refractivity contribution in [2.45, 2.75) is 58.0 Å². The fourth-order valence-electron chi connectivity index (χ4n) is 4.71. The van der Waals surface area contributed by atoms with Gasteiger partial charge in [-0.3, -0.25) is 9.59 Å². The first-order valence-corrected chi connectivity index (χ1v) is 11.5. The molecule has 0 aliphatic carbocycles. The molecule has 32 heavy (non-hydrogen) atoms. The Hall–Kier alpha value is -3.12. The maximum absolute atomic E-state index is 12.8. The highest BCUT2D eigenvalue weighted by atomic mass is 16.7. The number of unbranched alkanes of at least 4 members (excludes halogenated alkanes) is 1. The monoisotopic (exact) mass is 433 g/mol. The zero-order valence-corrected chi connectivity index (χ0v) is 18.5. The molecule has 1 aromatic heterocycles. The molecule has 0 radical (unpaired) electrons. The van der Waals surface area contributed by atoms with E-state index >= 15 is 0 Å². The summed E-state index contributed by atoms with van der Waals surface area (Å²) in [6.07, 6.45) is 4.95. The lowest BCUT2D eigenvalue weighted by molar-refractivity contribution is -0.144. The number of aromatic nitrogens is 1. The van der Waals surface area contributed by atoms with E-state index in [1.807, 2.05) is 4.90 Å². The first-order valence-electron chi connectivity index (χ1n) is 11.5. The Morgan fingerprint density at radius 3 is 2.50 bits per heavy atom. The predicted octanol–water partition coefficient (Wildman–Crippen LogP) is 4.14. The van der Waals surface area contributed by atoms with E-state index in [1.165, 1.54) is 27.7 Å². The molecule has 3 aromatic rings. The Morgan fingerprint density at radius 1 is 0.938 bits per heavy atom.